The van der Waals surface area contributed by atoms with E-state index in [1.165, 1.54) is 17.7 Å². The average molecular weight is 428 g/mol. The number of nitrogens with one attached hydrogen (secondary N) is 2. The largest absolute Gasteiger partial charge is 0.416 e. The Labute approximate surface area is 178 Å². The molecule has 5 nitrogen and oxygen atoms in total. The predicted molar refractivity (Wildman–Crippen MR) is 116 cm³/mol. The zero-order valence-electron chi connectivity index (χ0n) is 17.4. The van der Waals surface area contributed by atoms with Crippen molar-refractivity contribution in [3.05, 3.63) is 82.7 Å². The van der Waals surface area contributed by atoms with Crippen molar-refractivity contribution < 1.29 is 18.0 Å². The lowest BCUT2D eigenvalue weighted by Gasteiger charge is -2.10. The third-order valence-corrected chi connectivity index (χ3v) is 4.80. The Hall–Kier alpha value is -3.55. The highest BCUT2D eigenvalue weighted by Crippen LogP contribution is 2.30. The van der Waals surface area contributed by atoms with E-state index in [-0.39, 0.29) is 12.2 Å². The molecule has 8 heteroatoms. The molecule has 0 spiro atoms. The molecule has 2 aromatic carbocycles. The van der Waals surface area contributed by atoms with Gasteiger partial charge in [-0.25, -0.2) is 5.43 Å². The molecule has 0 radical (unpaired) electrons. The molecule has 1 aromatic heterocycles. The van der Waals surface area contributed by atoms with Gasteiger partial charge in [0.1, 0.15) is 0 Å². The van der Waals surface area contributed by atoms with Gasteiger partial charge in [0.25, 0.3) is 5.91 Å². The summed E-state index contributed by atoms with van der Waals surface area (Å²) < 4.78 is 40.4. The summed E-state index contributed by atoms with van der Waals surface area (Å²) in [6.07, 6.45) is -2.88. The molecule has 0 aliphatic rings. The molecule has 0 bridgehead atoms. The van der Waals surface area contributed by atoms with Gasteiger partial charge in [-0.1, -0.05) is 23.8 Å². The van der Waals surface area contributed by atoms with Gasteiger partial charge in [0, 0.05) is 28.3 Å². The highest BCUT2D eigenvalue weighted by Gasteiger charge is 2.30. The number of carbonyl (C=O) groups is 1. The van der Waals surface area contributed by atoms with Crippen molar-refractivity contribution in [2.24, 2.45) is 5.10 Å². The first-order chi connectivity index (χ1) is 14.6. The molecule has 0 saturated carbocycles. The molecule has 0 saturated heterocycles. The molecule has 3 rings (SSSR count). The maximum atomic E-state index is 12.8. The van der Waals surface area contributed by atoms with Gasteiger partial charge in [0.15, 0.2) is 0 Å². The van der Waals surface area contributed by atoms with Crippen molar-refractivity contribution in [2.45, 2.75) is 26.9 Å². The summed E-state index contributed by atoms with van der Waals surface area (Å²) in [5.41, 5.74) is 6.88. The van der Waals surface area contributed by atoms with E-state index in [1.54, 1.807) is 6.21 Å². The van der Waals surface area contributed by atoms with Crippen molar-refractivity contribution in [1.82, 2.24) is 9.99 Å². The number of aryl methyl sites for hydroxylation is 2. The number of amides is 1. The fourth-order valence-corrected chi connectivity index (χ4v) is 3.21. The highest BCUT2D eigenvalue weighted by molar-refractivity contribution is 5.85. The highest BCUT2D eigenvalue weighted by atomic mass is 19.4. The Balaban J connectivity index is 1.60. The molecule has 0 fully saturated rings. The van der Waals surface area contributed by atoms with Crippen molar-refractivity contribution >= 4 is 17.8 Å². The topological polar surface area (TPSA) is 58.4 Å². The Morgan fingerprint density at radius 1 is 1.06 bits per heavy atom. The molecule has 162 valence electrons. The standard InChI is InChI=1S/C23H23F3N4O/c1-15-7-9-21(10-8-15)30-16(2)11-18(17(30)3)13-28-29-22(31)14-27-20-6-4-5-19(12-20)23(24,25)26/h4-13,27H,14H2,1-3H3,(H,29,31)/b28-13-. The molecule has 1 heterocycles. The summed E-state index contributed by atoms with van der Waals surface area (Å²) >= 11 is 0. The molecule has 0 aliphatic carbocycles. The summed E-state index contributed by atoms with van der Waals surface area (Å²) in [7, 11) is 0. The number of alkyl halides is 3. The van der Waals surface area contributed by atoms with Crippen LogP contribution in [0, 0.1) is 20.8 Å². The summed E-state index contributed by atoms with van der Waals surface area (Å²) in [5.74, 6) is -0.471. The number of rotatable bonds is 6. The minimum atomic E-state index is -4.44. The molecular formula is C23H23F3N4O. The normalized spacial score (nSPS) is 11.7. The van der Waals surface area contributed by atoms with E-state index in [9.17, 15) is 18.0 Å². The lowest BCUT2D eigenvalue weighted by atomic mass is 10.2. The van der Waals surface area contributed by atoms with Gasteiger partial charge in [-0.15, -0.1) is 0 Å². The SMILES string of the molecule is Cc1ccc(-n2c(C)cc(/C=N\NC(=O)CNc3cccc(C(F)(F)F)c3)c2C)cc1. The maximum absolute atomic E-state index is 12.8. The second-order valence-corrected chi connectivity index (χ2v) is 7.22. The molecular weight excluding hydrogens is 405 g/mol. The average Bonchev–Trinajstić information content (AvgIpc) is 3.00. The monoisotopic (exact) mass is 428 g/mol. The second-order valence-electron chi connectivity index (χ2n) is 7.22. The molecule has 31 heavy (non-hydrogen) atoms. The minimum Gasteiger partial charge on any atom is -0.376 e. The number of aromatic nitrogens is 1. The number of benzene rings is 2. The van der Waals surface area contributed by atoms with Crippen LogP contribution in [-0.4, -0.2) is 23.2 Å². The number of halogens is 3. The van der Waals surface area contributed by atoms with Crippen LogP contribution in [0.5, 0.6) is 0 Å². The molecule has 2 N–H and O–H groups in total. The number of hydrazone groups is 1. The van der Waals surface area contributed by atoms with Gasteiger partial charge in [-0.2, -0.15) is 18.3 Å². The van der Waals surface area contributed by atoms with Gasteiger partial charge in [0.05, 0.1) is 18.3 Å². The zero-order valence-corrected chi connectivity index (χ0v) is 17.4. The molecule has 0 atom stereocenters. The first-order valence-corrected chi connectivity index (χ1v) is 9.64. The van der Waals surface area contributed by atoms with Gasteiger partial charge < -0.3 is 9.88 Å². The first kappa shape index (κ1) is 22.1. The lowest BCUT2D eigenvalue weighted by Crippen LogP contribution is -2.26. The van der Waals surface area contributed by atoms with Crippen LogP contribution in [0.4, 0.5) is 18.9 Å². The van der Waals surface area contributed by atoms with E-state index in [0.717, 1.165) is 34.8 Å². The van der Waals surface area contributed by atoms with Crippen LogP contribution < -0.4 is 10.7 Å². The van der Waals surface area contributed by atoms with Crippen LogP contribution in [0.1, 0.15) is 28.1 Å². The minimum absolute atomic E-state index is 0.204. The predicted octanol–water partition coefficient (Wildman–Crippen LogP) is 4.98. The molecule has 1 amide bonds. The Bertz CT molecular complexity index is 1100. The summed E-state index contributed by atoms with van der Waals surface area (Å²) in [6.45, 7) is 5.77. The van der Waals surface area contributed by atoms with Crippen LogP contribution in [0.25, 0.3) is 5.69 Å². The van der Waals surface area contributed by atoms with Gasteiger partial charge in [-0.05, 0) is 57.2 Å². The third kappa shape index (κ3) is 5.53. The Morgan fingerprint density at radius 2 is 1.77 bits per heavy atom. The van der Waals surface area contributed by atoms with Crippen LogP contribution >= 0.6 is 0 Å². The number of carbonyl (C=O) groups excluding carboxylic acids is 1. The van der Waals surface area contributed by atoms with Crippen LogP contribution in [0.2, 0.25) is 0 Å². The van der Waals surface area contributed by atoms with Crippen molar-refractivity contribution in [1.29, 1.82) is 0 Å². The lowest BCUT2D eigenvalue weighted by molar-refractivity contribution is -0.137. The number of anilines is 1. The molecule has 3 aromatic rings. The van der Waals surface area contributed by atoms with Crippen molar-refractivity contribution in [3.63, 3.8) is 0 Å². The fourth-order valence-electron chi connectivity index (χ4n) is 3.21. The van der Waals surface area contributed by atoms with E-state index < -0.39 is 17.6 Å². The fraction of sp³-hybridized carbons (Fsp3) is 0.217. The number of nitrogens with zero attached hydrogens (tertiary/aromatic N) is 2. The third-order valence-electron chi connectivity index (χ3n) is 4.80. The summed E-state index contributed by atoms with van der Waals surface area (Å²) in [5, 5.41) is 6.64. The summed E-state index contributed by atoms with van der Waals surface area (Å²) in [4.78, 5) is 12.0. The Morgan fingerprint density at radius 3 is 2.45 bits per heavy atom. The van der Waals surface area contributed by atoms with Crippen LogP contribution in [0.15, 0.2) is 59.7 Å². The van der Waals surface area contributed by atoms with Crippen LogP contribution in [-0.2, 0) is 11.0 Å². The number of hydrogen-bond donors (Lipinski definition) is 2. The van der Waals surface area contributed by atoms with Gasteiger partial charge in [-0.3, -0.25) is 4.79 Å². The van der Waals surface area contributed by atoms with Gasteiger partial charge in [0.2, 0.25) is 0 Å². The first-order valence-electron chi connectivity index (χ1n) is 9.64. The number of hydrogen-bond acceptors (Lipinski definition) is 3. The molecule has 0 aliphatic heterocycles. The van der Waals surface area contributed by atoms with E-state index in [0.29, 0.717) is 0 Å². The quantitative estimate of drug-likeness (QED) is 0.430. The Kier molecular flexibility index (Phi) is 6.48. The van der Waals surface area contributed by atoms with Crippen LogP contribution in [0.3, 0.4) is 0 Å². The summed E-state index contributed by atoms with van der Waals surface area (Å²) in [6, 6.07) is 14.8. The smallest absolute Gasteiger partial charge is 0.376 e. The van der Waals surface area contributed by atoms with Gasteiger partial charge >= 0.3 is 6.18 Å². The van der Waals surface area contributed by atoms with Crippen molar-refractivity contribution in [2.75, 3.05) is 11.9 Å². The zero-order chi connectivity index (χ0) is 22.6. The van der Waals surface area contributed by atoms with Crippen molar-refractivity contribution in [3.8, 4) is 5.69 Å². The van der Waals surface area contributed by atoms with E-state index in [1.807, 2.05) is 51.1 Å². The second kappa shape index (κ2) is 9.07. The van der Waals surface area contributed by atoms with E-state index in [4.69, 9.17) is 0 Å². The maximum Gasteiger partial charge on any atom is 0.416 e. The van der Waals surface area contributed by atoms with E-state index in [2.05, 4.69) is 20.4 Å². The van der Waals surface area contributed by atoms with E-state index >= 15 is 0 Å². The molecule has 0 unspecified atom stereocenters.